The SMILES string of the molecule is Cc1ccc(Cc2cn(S(=O)(=O)N(C)C)cn2)cc1N. The fourth-order valence-corrected chi connectivity index (χ4v) is 2.56. The van der Waals surface area contributed by atoms with Crippen molar-refractivity contribution in [2.75, 3.05) is 19.8 Å². The van der Waals surface area contributed by atoms with Gasteiger partial charge in [0.2, 0.25) is 0 Å². The van der Waals surface area contributed by atoms with E-state index in [4.69, 9.17) is 5.73 Å². The van der Waals surface area contributed by atoms with E-state index in [0.717, 1.165) is 25.1 Å². The molecule has 0 aliphatic heterocycles. The summed E-state index contributed by atoms with van der Waals surface area (Å²) in [6, 6.07) is 5.79. The van der Waals surface area contributed by atoms with Crippen molar-refractivity contribution in [2.24, 2.45) is 0 Å². The highest BCUT2D eigenvalue weighted by Gasteiger charge is 2.16. The molecule has 2 N–H and O–H groups in total. The Morgan fingerprint density at radius 1 is 1.35 bits per heavy atom. The number of benzene rings is 1. The number of nitrogens with zero attached hydrogens (tertiary/aromatic N) is 3. The summed E-state index contributed by atoms with van der Waals surface area (Å²) in [6.45, 7) is 1.94. The zero-order valence-corrected chi connectivity index (χ0v) is 12.6. The number of hydrogen-bond donors (Lipinski definition) is 1. The first-order chi connectivity index (χ1) is 9.30. The Bertz CT molecular complexity index is 720. The summed E-state index contributed by atoms with van der Waals surface area (Å²) in [5, 5.41) is 0. The largest absolute Gasteiger partial charge is 0.399 e. The van der Waals surface area contributed by atoms with Crippen LogP contribution in [0.5, 0.6) is 0 Å². The summed E-state index contributed by atoms with van der Waals surface area (Å²) >= 11 is 0. The van der Waals surface area contributed by atoms with Gasteiger partial charge in [0.05, 0.1) is 5.69 Å². The van der Waals surface area contributed by atoms with Crippen molar-refractivity contribution in [3.63, 3.8) is 0 Å². The zero-order chi connectivity index (χ0) is 14.9. The summed E-state index contributed by atoms with van der Waals surface area (Å²) in [4.78, 5) is 4.13. The number of imidazole rings is 1. The van der Waals surface area contributed by atoms with Crippen LogP contribution in [-0.4, -0.2) is 35.8 Å². The van der Waals surface area contributed by atoms with E-state index in [0.29, 0.717) is 12.1 Å². The van der Waals surface area contributed by atoms with E-state index in [2.05, 4.69) is 4.98 Å². The van der Waals surface area contributed by atoms with Gasteiger partial charge < -0.3 is 5.73 Å². The summed E-state index contributed by atoms with van der Waals surface area (Å²) in [5.41, 5.74) is 9.29. The lowest BCUT2D eigenvalue weighted by molar-refractivity contribution is 0.510. The highest BCUT2D eigenvalue weighted by atomic mass is 32.2. The van der Waals surface area contributed by atoms with Crippen LogP contribution in [0.25, 0.3) is 0 Å². The normalized spacial score (nSPS) is 12.0. The molecule has 0 saturated heterocycles. The van der Waals surface area contributed by atoms with E-state index < -0.39 is 10.2 Å². The van der Waals surface area contributed by atoms with Gasteiger partial charge in [-0.2, -0.15) is 12.7 Å². The average molecular weight is 294 g/mol. The minimum atomic E-state index is -3.50. The predicted molar refractivity (Wildman–Crippen MR) is 78.6 cm³/mol. The molecule has 0 radical (unpaired) electrons. The van der Waals surface area contributed by atoms with E-state index in [1.54, 1.807) is 0 Å². The molecule has 0 bridgehead atoms. The Hall–Kier alpha value is -1.86. The molecule has 1 aromatic carbocycles. The molecule has 0 spiro atoms. The first-order valence-electron chi connectivity index (χ1n) is 6.11. The molecule has 1 heterocycles. The van der Waals surface area contributed by atoms with Gasteiger partial charge in [-0.15, -0.1) is 0 Å². The molecule has 20 heavy (non-hydrogen) atoms. The number of anilines is 1. The van der Waals surface area contributed by atoms with Crippen molar-refractivity contribution >= 4 is 15.9 Å². The molecule has 0 aliphatic carbocycles. The van der Waals surface area contributed by atoms with Crippen LogP contribution in [-0.2, 0) is 16.6 Å². The lowest BCUT2D eigenvalue weighted by Crippen LogP contribution is -2.27. The maximum absolute atomic E-state index is 11.9. The molecule has 0 fully saturated rings. The van der Waals surface area contributed by atoms with Gasteiger partial charge in [-0.3, -0.25) is 0 Å². The first kappa shape index (κ1) is 14.5. The molecule has 7 heteroatoms. The number of nitrogens with two attached hydrogens (primary N) is 1. The minimum Gasteiger partial charge on any atom is -0.399 e. The van der Waals surface area contributed by atoms with Gasteiger partial charge in [-0.25, -0.2) is 8.96 Å². The number of rotatable bonds is 4. The maximum Gasteiger partial charge on any atom is 0.308 e. The smallest absolute Gasteiger partial charge is 0.308 e. The highest BCUT2D eigenvalue weighted by molar-refractivity contribution is 7.87. The Morgan fingerprint density at radius 3 is 2.65 bits per heavy atom. The molecular weight excluding hydrogens is 276 g/mol. The van der Waals surface area contributed by atoms with Crippen molar-refractivity contribution < 1.29 is 8.42 Å². The van der Waals surface area contributed by atoms with E-state index in [1.807, 2.05) is 25.1 Å². The molecule has 0 amide bonds. The molecule has 2 aromatic rings. The van der Waals surface area contributed by atoms with Crippen LogP contribution in [0.3, 0.4) is 0 Å². The fourth-order valence-electron chi connectivity index (χ4n) is 1.76. The predicted octanol–water partition coefficient (Wildman–Crippen LogP) is 1.02. The van der Waals surface area contributed by atoms with E-state index in [9.17, 15) is 8.42 Å². The summed E-state index contributed by atoms with van der Waals surface area (Å²) in [5.74, 6) is 0. The third kappa shape index (κ3) is 2.83. The zero-order valence-electron chi connectivity index (χ0n) is 11.7. The van der Waals surface area contributed by atoms with Gasteiger partial charge >= 0.3 is 10.2 Å². The number of aromatic nitrogens is 2. The topological polar surface area (TPSA) is 81.2 Å². The molecule has 0 saturated carbocycles. The van der Waals surface area contributed by atoms with Crippen LogP contribution >= 0.6 is 0 Å². The van der Waals surface area contributed by atoms with Crippen molar-refractivity contribution in [3.05, 3.63) is 47.5 Å². The monoisotopic (exact) mass is 294 g/mol. The van der Waals surface area contributed by atoms with Crippen LogP contribution in [0.2, 0.25) is 0 Å². The van der Waals surface area contributed by atoms with Crippen LogP contribution in [0.1, 0.15) is 16.8 Å². The lowest BCUT2D eigenvalue weighted by Gasteiger charge is -2.10. The average Bonchev–Trinajstić information content (AvgIpc) is 2.83. The molecule has 0 atom stereocenters. The van der Waals surface area contributed by atoms with E-state index >= 15 is 0 Å². The third-order valence-corrected chi connectivity index (χ3v) is 4.73. The second kappa shape index (κ2) is 5.26. The van der Waals surface area contributed by atoms with Crippen LogP contribution in [0.15, 0.2) is 30.7 Å². The van der Waals surface area contributed by atoms with Gasteiger partial charge in [0.1, 0.15) is 6.33 Å². The molecule has 0 unspecified atom stereocenters. The van der Waals surface area contributed by atoms with Gasteiger partial charge in [-0.1, -0.05) is 12.1 Å². The molecule has 108 valence electrons. The highest BCUT2D eigenvalue weighted by Crippen LogP contribution is 2.16. The first-order valence-corrected chi connectivity index (χ1v) is 7.51. The molecule has 0 aliphatic rings. The quantitative estimate of drug-likeness (QED) is 0.854. The standard InChI is InChI=1S/C13H18N4O2S/c1-10-4-5-11(7-13(10)14)6-12-8-17(9-15-12)20(18,19)16(2)3/h4-5,7-9H,6,14H2,1-3H3. The van der Waals surface area contributed by atoms with Gasteiger partial charge in [-0.05, 0) is 24.1 Å². The lowest BCUT2D eigenvalue weighted by atomic mass is 10.1. The Labute approximate surface area is 119 Å². The number of nitrogen functional groups attached to an aromatic ring is 1. The van der Waals surface area contributed by atoms with Gasteiger partial charge in [0.15, 0.2) is 0 Å². The molecule has 2 rings (SSSR count). The summed E-state index contributed by atoms with van der Waals surface area (Å²) in [6.07, 6.45) is 3.37. The third-order valence-electron chi connectivity index (χ3n) is 3.07. The number of aryl methyl sites for hydroxylation is 1. The molecule has 6 nitrogen and oxygen atoms in total. The Kier molecular flexibility index (Phi) is 3.82. The van der Waals surface area contributed by atoms with Crippen molar-refractivity contribution in [3.8, 4) is 0 Å². The van der Waals surface area contributed by atoms with Crippen LogP contribution in [0.4, 0.5) is 5.69 Å². The number of hydrogen-bond acceptors (Lipinski definition) is 4. The van der Waals surface area contributed by atoms with Gasteiger partial charge in [0.25, 0.3) is 0 Å². The van der Waals surface area contributed by atoms with Crippen LogP contribution < -0.4 is 5.73 Å². The van der Waals surface area contributed by atoms with Crippen molar-refractivity contribution in [2.45, 2.75) is 13.3 Å². The molecular formula is C13H18N4O2S. The Morgan fingerprint density at radius 2 is 2.05 bits per heavy atom. The maximum atomic E-state index is 11.9. The molecule has 1 aromatic heterocycles. The summed E-state index contributed by atoms with van der Waals surface area (Å²) in [7, 11) is -0.537. The Balaban J connectivity index is 2.24. The second-order valence-corrected chi connectivity index (χ2v) is 6.90. The van der Waals surface area contributed by atoms with Gasteiger partial charge in [0, 0.05) is 32.4 Å². The van der Waals surface area contributed by atoms with Crippen LogP contribution in [0, 0.1) is 6.92 Å². The van der Waals surface area contributed by atoms with Crippen molar-refractivity contribution in [1.29, 1.82) is 0 Å². The summed E-state index contributed by atoms with van der Waals surface area (Å²) < 4.78 is 26.1. The van der Waals surface area contributed by atoms with E-state index in [1.165, 1.54) is 26.6 Å². The second-order valence-electron chi connectivity index (χ2n) is 4.85. The van der Waals surface area contributed by atoms with Crippen molar-refractivity contribution in [1.82, 2.24) is 13.3 Å². The fraction of sp³-hybridized carbons (Fsp3) is 0.308. The van der Waals surface area contributed by atoms with E-state index in [-0.39, 0.29) is 0 Å². The minimum absolute atomic E-state index is 0.542.